The highest BCUT2D eigenvalue weighted by Gasteiger charge is 2.37. The van der Waals surface area contributed by atoms with Gasteiger partial charge in [0.2, 0.25) is 5.91 Å². The normalized spacial score (nSPS) is 18.1. The van der Waals surface area contributed by atoms with Gasteiger partial charge in [-0.15, -0.1) is 0 Å². The first kappa shape index (κ1) is 27.4. The summed E-state index contributed by atoms with van der Waals surface area (Å²) in [5, 5.41) is 15.8. The van der Waals surface area contributed by atoms with Crippen LogP contribution >= 0.6 is 0 Å². The van der Waals surface area contributed by atoms with Crippen LogP contribution in [0, 0.1) is 0 Å². The van der Waals surface area contributed by atoms with Crippen LogP contribution in [0.5, 0.6) is 17.2 Å². The molecule has 2 heterocycles. The van der Waals surface area contributed by atoms with Gasteiger partial charge >= 0.3 is 0 Å². The molecule has 1 aliphatic rings. The smallest absolute Gasteiger partial charge is 0.248 e. The maximum atomic E-state index is 12.7. The Balaban J connectivity index is 1.43. The molecule has 1 aliphatic heterocycles. The van der Waals surface area contributed by atoms with Crippen molar-refractivity contribution >= 4 is 5.91 Å². The fourth-order valence-corrected chi connectivity index (χ4v) is 4.50. The number of rotatable bonds is 12. The second-order valence-corrected chi connectivity index (χ2v) is 9.39. The molecule has 10 heteroatoms. The molecular weight excluding hydrogens is 488 g/mol. The third-order valence-corrected chi connectivity index (χ3v) is 6.33. The van der Waals surface area contributed by atoms with Crippen molar-refractivity contribution in [2.24, 2.45) is 0 Å². The molecule has 1 fully saturated rings. The number of methoxy groups -OCH3 is 2. The minimum Gasteiger partial charge on any atom is -0.493 e. The van der Waals surface area contributed by atoms with Crippen molar-refractivity contribution in [2.45, 2.75) is 18.7 Å². The number of nitrogens with zero attached hydrogens (tertiary/aromatic N) is 4. The van der Waals surface area contributed by atoms with Crippen molar-refractivity contribution in [1.82, 2.24) is 19.6 Å². The third kappa shape index (κ3) is 7.70. The van der Waals surface area contributed by atoms with Crippen molar-refractivity contribution in [3.05, 3.63) is 72.6 Å². The zero-order valence-electron chi connectivity index (χ0n) is 22.0. The van der Waals surface area contributed by atoms with Crippen molar-refractivity contribution in [3.8, 4) is 17.2 Å². The molecule has 1 N–H and O–H groups in total. The molecule has 1 saturated heterocycles. The van der Waals surface area contributed by atoms with E-state index >= 15 is 0 Å². The first-order valence-corrected chi connectivity index (χ1v) is 12.6. The van der Waals surface area contributed by atoms with E-state index in [9.17, 15) is 9.90 Å². The zero-order chi connectivity index (χ0) is 26.8. The summed E-state index contributed by atoms with van der Waals surface area (Å²) in [6, 6.07) is 17.1. The number of hydrogen-bond donors (Lipinski definition) is 1. The molecule has 1 amide bonds. The minimum atomic E-state index is -1.27. The molecule has 0 bridgehead atoms. The predicted octanol–water partition coefficient (Wildman–Crippen LogP) is 2.07. The van der Waals surface area contributed by atoms with Crippen LogP contribution in [-0.2, 0) is 22.6 Å². The molecule has 2 aromatic carbocycles. The Labute approximate surface area is 223 Å². The number of aliphatic hydroxyl groups is 1. The molecule has 38 heavy (non-hydrogen) atoms. The number of β-amino-alcohol motifs (C(OH)–C–C–N with tert-alkyl or cyclic N) is 1. The van der Waals surface area contributed by atoms with E-state index < -0.39 is 5.60 Å². The summed E-state index contributed by atoms with van der Waals surface area (Å²) < 4.78 is 24.3. The van der Waals surface area contributed by atoms with Crippen LogP contribution in [0.4, 0.5) is 0 Å². The largest absolute Gasteiger partial charge is 0.493 e. The van der Waals surface area contributed by atoms with Crippen LogP contribution in [0.25, 0.3) is 0 Å². The van der Waals surface area contributed by atoms with Crippen LogP contribution in [-0.4, -0.2) is 96.4 Å². The number of benzene rings is 2. The number of carbonyl (C=O) groups is 1. The lowest BCUT2D eigenvalue weighted by Gasteiger charge is -2.33. The van der Waals surface area contributed by atoms with Gasteiger partial charge in [0.25, 0.3) is 0 Å². The molecule has 0 aliphatic carbocycles. The topological polar surface area (TPSA) is 98.5 Å². The lowest BCUT2D eigenvalue weighted by molar-refractivity contribution is -0.138. The second kappa shape index (κ2) is 13.3. The van der Waals surface area contributed by atoms with E-state index in [4.69, 9.17) is 18.9 Å². The van der Waals surface area contributed by atoms with Gasteiger partial charge in [-0.2, -0.15) is 5.10 Å². The van der Waals surface area contributed by atoms with Crippen LogP contribution in [0.1, 0.15) is 5.56 Å². The highest BCUT2D eigenvalue weighted by atomic mass is 16.5. The summed E-state index contributed by atoms with van der Waals surface area (Å²) in [5.74, 6) is 1.80. The van der Waals surface area contributed by atoms with Gasteiger partial charge in [-0.1, -0.05) is 24.3 Å². The van der Waals surface area contributed by atoms with Crippen LogP contribution < -0.4 is 14.2 Å². The van der Waals surface area contributed by atoms with E-state index in [2.05, 4.69) is 10.00 Å². The second-order valence-electron chi connectivity index (χ2n) is 9.39. The third-order valence-electron chi connectivity index (χ3n) is 6.33. The number of hydrogen-bond acceptors (Lipinski definition) is 8. The van der Waals surface area contributed by atoms with Gasteiger partial charge < -0.3 is 29.0 Å². The molecule has 10 nitrogen and oxygen atoms in total. The van der Waals surface area contributed by atoms with Gasteiger partial charge in [0, 0.05) is 45.7 Å². The molecule has 204 valence electrons. The first-order valence-electron chi connectivity index (χ1n) is 12.6. The number of carbonyl (C=O) groups excluding carboxylic acids is 1. The van der Waals surface area contributed by atoms with Gasteiger partial charge in [-0.3, -0.25) is 14.4 Å². The Morgan fingerprint density at radius 1 is 1.03 bits per heavy atom. The molecule has 3 aromatic rings. The molecule has 4 rings (SSSR count). The molecule has 0 spiro atoms. The van der Waals surface area contributed by atoms with Gasteiger partial charge in [-0.05, 0) is 35.9 Å². The highest BCUT2D eigenvalue weighted by molar-refractivity contribution is 5.77. The fraction of sp³-hybridized carbons (Fsp3) is 0.429. The Bertz CT molecular complexity index is 1140. The Morgan fingerprint density at radius 2 is 1.87 bits per heavy atom. The van der Waals surface area contributed by atoms with Gasteiger partial charge in [0.1, 0.15) is 31.2 Å². The molecule has 0 radical (unpaired) electrons. The summed E-state index contributed by atoms with van der Waals surface area (Å²) in [6.07, 6.45) is 3.63. The molecule has 1 atom stereocenters. The van der Waals surface area contributed by atoms with Gasteiger partial charge in [0.15, 0.2) is 11.5 Å². The molecule has 1 aromatic heterocycles. The van der Waals surface area contributed by atoms with Crippen molar-refractivity contribution in [1.29, 1.82) is 0 Å². The lowest BCUT2D eigenvalue weighted by Crippen LogP contribution is -2.52. The van der Waals surface area contributed by atoms with Crippen LogP contribution in [0.15, 0.2) is 67.0 Å². The van der Waals surface area contributed by atoms with E-state index in [0.29, 0.717) is 56.6 Å². The van der Waals surface area contributed by atoms with E-state index in [1.807, 2.05) is 65.5 Å². The first-order chi connectivity index (χ1) is 18.5. The summed E-state index contributed by atoms with van der Waals surface area (Å²) >= 11 is 0. The number of aromatic nitrogens is 2. The van der Waals surface area contributed by atoms with E-state index in [-0.39, 0.29) is 25.7 Å². The molecular formula is C28H36N4O6. The van der Waals surface area contributed by atoms with Crippen LogP contribution in [0.3, 0.4) is 0 Å². The maximum Gasteiger partial charge on any atom is 0.248 e. The summed E-state index contributed by atoms with van der Waals surface area (Å²) in [6.45, 7) is 3.23. The predicted molar refractivity (Wildman–Crippen MR) is 141 cm³/mol. The molecule has 0 saturated carbocycles. The Kier molecular flexibility index (Phi) is 9.58. The summed E-state index contributed by atoms with van der Waals surface area (Å²) in [5.41, 5.74) is -0.265. The Morgan fingerprint density at radius 3 is 2.61 bits per heavy atom. The monoisotopic (exact) mass is 524 g/mol. The number of para-hydroxylation sites is 1. The van der Waals surface area contributed by atoms with Crippen molar-refractivity contribution < 1.29 is 28.8 Å². The van der Waals surface area contributed by atoms with Crippen molar-refractivity contribution in [2.75, 3.05) is 60.2 Å². The van der Waals surface area contributed by atoms with Gasteiger partial charge in [0.05, 0.1) is 20.2 Å². The quantitative estimate of drug-likeness (QED) is 0.385. The summed E-state index contributed by atoms with van der Waals surface area (Å²) in [4.78, 5) is 16.4. The van der Waals surface area contributed by atoms with Gasteiger partial charge in [-0.25, -0.2) is 0 Å². The lowest BCUT2D eigenvalue weighted by atomic mass is 10.0. The SMILES string of the molecule is COCC(=O)N1CCN(Cc2ccc(OCCn3cccn3)c(OC)c2)CC(O)(COc2ccccc2)C1. The van der Waals surface area contributed by atoms with Crippen molar-refractivity contribution in [3.63, 3.8) is 0 Å². The zero-order valence-corrected chi connectivity index (χ0v) is 22.0. The average molecular weight is 525 g/mol. The van der Waals surface area contributed by atoms with E-state index in [0.717, 1.165) is 5.56 Å². The standard InChI is InChI=1S/C28H36N4O6/c1-35-19-27(33)31-14-13-30(20-28(34,21-31)22-38-24-7-4-3-5-8-24)18-23-9-10-25(26(17-23)36-2)37-16-15-32-12-6-11-29-32/h3-12,17,34H,13-16,18-22H2,1-2H3. The molecule has 1 unspecified atom stereocenters. The number of ether oxygens (including phenoxy) is 4. The maximum absolute atomic E-state index is 12.7. The summed E-state index contributed by atoms with van der Waals surface area (Å²) in [7, 11) is 3.11. The van der Waals surface area contributed by atoms with E-state index in [1.165, 1.54) is 7.11 Å². The highest BCUT2D eigenvalue weighted by Crippen LogP contribution is 2.29. The van der Waals surface area contributed by atoms with Crippen LogP contribution in [0.2, 0.25) is 0 Å². The minimum absolute atomic E-state index is 0.0331. The average Bonchev–Trinajstić information content (AvgIpc) is 3.38. The van der Waals surface area contributed by atoms with E-state index in [1.54, 1.807) is 18.2 Å². The number of amides is 1. The fourth-order valence-electron chi connectivity index (χ4n) is 4.50. The Hall–Kier alpha value is -3.60.